The highest BCUT2D eigenvalue weighted by Crippen LogP contribution is 2.19. The minimum atomic E-state index is -1.07. The standard InChI is InChI=1S/C17H18N2O4/c18-10-13(17(22)19-14-5-1-2-6-14)8-12-4-3-7-15(9-12)23-11-16(20)21/h3-4,7-9,14H,1-2,5-6,11H2,(H,19,22)(H,20,21). The lowest BCUT2D eigenvalue weighted by Gasteiger charge is -2.11. The quantitative estimate of drug-likeness (QED) is 0.619. The fourth-order valence-corrected chi connectivity index (χ4v) is 2.49. The molecular formula is C17H18N2O4. The van der Waals surface area contributed by atoms with Crippen LogP contribution in [0.4, 0.5) is 0 Å². The molecule has 1 amide bonds. The zero-order chi connectivity index (χ0) is 16.7. The van der Waals surface area contributed by atoms with Crippen LogP contribution in [0.3, 0.4) is 0 Å². The van der Waals surface area contributed by atoms with E-state index in [-0.39, 0.29) is 17.5 Å². The number of nitrogens with zero attached hydrogens (tertiary/aromatic N) is 1. The summed E-state index contributed by atoms with van der Waals surface area (Å²) in [4.78, 5) is 22.6. The Hall–Kier alpha value is -2.81. The Bertz CT molecular complexity index is 655. The molecule has 1 saturated carbocycles. The minimum absolute atomic E-state index is 0.0206. The van der Waals surface area contributed by atoms with Crippen LogP contribution in [0.2, 0.25) is 0 Å². The maximum Gasteiger partial charge on any atom is 0.341 e. The molecule has 1 aromatic rings. The zero-order valence-electron chi connectivity index (χ0n) is 12.6. The van der Waals surface area contributed by atoms with Gasteiger partial charge in [-0.05, 0) is 36.6 Å². The second-order valence-electron chi connectivity index (χ2n) is 5.38. The second kappa shape index (κ2) is 7.99. The summed E-state index contributed by atoms with van der Waals surface area (Å²) >= 11 is 0. The molecule has 0 spiro atoms. The van der Waals surface area contributed by atoms with Crippen molar-refractivity contribution in [3.05, 3.63) is 35.4 Å². The highest BCUT2D eigenvalue weighted by molar-refractivity contribution is 6.01. The maximum atomic E-state index is 12.1. The van der Waals surface area contributed by atoms with Crippen LogP contribution in [-0.2, 0) is 9.59 Å². The SMILES string of the molecule is N#CC(=Cc1cccc(OCC(=O)O)c1)C(=O)NC1CCCC1. The van der Waals surface area contributed by atoms with Gasteiger partial charge in [-0.3, -0.25) is 4.79 Å². The molecule has 2 N–H and O–H groups in total. The minimum Gasteiger partial charge on any atom is -0.482 e. The molecule has 6 nitrogen and oxygen atoms in total. The number of benzene rings is 1. The molecule has 2 rings (SSSR count). The van der Waals surface area contributed by atoms with Crippen LogP contribution in [0.1, 0.15) is 31.2 Å². The van der Waals surface area contributed by atoms with E-state index in [1.54, 1.807) is 24.3 Å². The van der Waals surface area contributed by atoms with E-state index in [1.165, 1.54) is 6.08 Å². The fourth-order valence-electron chi connectivity index (χ4n) is 2.49. The topological polar surface area (TPSA) is 99.4 Å². The fraction of sp³-hybridized carbons (Fsp3) is 0.353. The van der Waals surface area contributed by atoms with Crippen molar-refractivity contribution in [1.29, 1.82) is 5.26 Å². The van der Waals surface area contributed by atoms with E-state index >= 15 is 0 Å². The molecule has 0 aliphatic heterocycles. The van der Waals surface area contributed by atoms with Gasteiger partial charge in [-0.1, -0.05) is 25.0 Å². The Balaban J connectivity index is 2.07. The van der Waals surface area contributed by atoms with Crippen LogP contribution >= 0.6 is 0 Å². The van der Waals surface area contributed by atoms with Gasteiger partial charge in [-0.2, -0.15) is 5.26 Å². The van der Waals surface area contributed by atoms with Gasteiger partial charge < -0.3 is 15.2 Å². The molecule has 0 heterocycles. The first-order valence-electron chi connectivity index (χ1n) is 7.46. The third-order valence-corrected chi connectivity index (χ3v) is 3.59. The normalized spacial score (nSPS) is 15.0. The van der Waals surface area contributed by atoms with Crippen molar-refractivity contribution in [2.45, 2.75) is 31.7 Å². The molecule has 1 aliphatic carbocycles. The first-order valence-corrected chi connectivity index (χ1v) is 7.46. The number of hydrogen-bond donors (Lipinski definition) is 2. The Labute approximate surface area is 134 Å². The lowest BCUT2D eigenvalue weighted by molar-refractivity contribution is -0.139. The molecule has 6 heteroatoms. The number of carboxylic acid groups (broad SMARTS) is 1. The molecule has 0 saturated heterocycles. The van der Waals surface area contributed by atoms with Gasteiger partial charge in [-0.25, -0.2) is 4.79 Å². The number of nitrogens with one attached hydrogen (secondary N) is 1. The van der Waals surface area contributed by atoms with Crippen LogP contribution in [0, 0.1) is 11.3 Å². The number of hydrogen-bond acceptors (Lipinski definition) is 4. The van der Waals surface area contributed by atoms with E-state index < -0.39 is 12.6 Å². The van der Waals surface area contributed by atoms with Crippen LogP contribution in [0.25, 0.3) is 6.08 Å². The summed E-state index contributed by atoms with van der Waals surface area (Å²) in [7, 11) is 0. The van der Waals surface area contributed by atoms with Gasteiger partial charge in [0.2, 0.25) is 0 Å². The number of carbonyl (C=O) groups is 2. The summed E-state index contributed by atoms with van der Waals surface area (Å²) < 4.78 is 5.08. The highest BCUT2D eigenvalue weighted by atomic mass is 16.5. The van der Waals surface area contributed by atoms with Crippen LogP contribution in [-0.4, -0.2) is 29.6 Å². The van der Waals surface area contributed by atoms with Crippen molar-refractivity contribution >= 4 is 18.0 Å². The van der Waals surface area contributed by atoms with E-state index in [9.17, 15) is 14.9 Å². The van der Waals surface area contributed by atoms with E-state index in [4.69, 9.17) is 9.84 Å². The molecule has 1 aromatic carbocycles. The van der Waals surface area contributed by atoms with Crippen molar-refractivity contribution < 1.29 is 19.4 Å². The van der Waals surface area contributed by atoms with Crippen molar-refractivity contribution in [2.75, 3.05) is 6.61 Å². The maximum absolute atomic E-state index is 12.1. The number of nitriles is 1. The number of amides is 1. The summed E-state index contributed by atoms with van der Waals surface area (Å²) in [5.74, 6) is -1.08. The van der Waals surface area contributed by atoms with Gasteiger partial charge in [0.25, 0.3) is 5.91 Å². The van der Waals surface area contributed by atoms with E-state index in [0.29, 0.717) is 11.3 Å². The zero-order valence-corrected chi connectivity index (χ0v) is 12.6. The van der Waals surface area contributed by atoms with Crippen LogP contribution < -0.4 is 10.1 Å². The van der Waals surface area contributed by atoms with Crippen molar-refractivity contribution in [3.8, 4) is 11.8 Å². The molecule has 1 fully saturated rings. The third-order valence-electron chi connectivity index (χ3n) is 3.59. The summed E-state index contributed by atoms with van der Waals surface area (Å²) in [6.07, 6.45) is 5.56. The van der Waals surface area contributed by atoms with Crippen LogP contribution in [0.15, 0.2) is 29.8 Å². The second-order valence-corrected chi connectivity index (χ2v) is 5.38. The van der Waals surface area contributed by atoms with Crippen LogP contribution in [0.5, 0.6) is 5.75 Å². The van der Waals surface area contributed by atoms with Crippen molar-refractivity contribution in [1.82, 2.24) is 5.32 Å². The molecule has 23 heavy (non-hydrogen) atoms. The van der Waals surface area contributed by atoms with Gasteiger partial charge in [0.15, 0.2) is 6.61 Å². The van der Waals surface area contributed by atoms with E-state index in [0.717, 1.165) is 25.7 Å². The molecule has 1 aliphatic rings. The van der Waals surface area contributed by atoms with Gasteiger partial charge in [0.1, 0.15) is 17.4 Å². The van der Waals surface area contributed by atoms with Gasteiger partial charge >= 0.3 is 5.97 Å². The number of aliphatic carboxylic acids is 1. The summed E-state index contributed by atoms with van der Waals surface area (Å²) in [5.41, 5.74) is 0.623. The summed E-state index contributed by atoms with van der Waals surface area (Å²) in [6, 6.07) is 8.64. The van der Waals surface area contributed by atoms with Gasteiger partial charge in [0.05, 0.1) is 0 Å². The number of ether oxygens (including phenoxy) is 1. The first-order chi connectivity index (χ1) is 11.1. The Morgan fingerprint density at radius 1 is 1.39 bits per heavy atom. The van der Waals surface area contributed by atoms with Crippen molar-refractivity contribution in [3.63, 3.8) is 0 Å². The molecule has 0 radical (unpaired) electrons. The predicted molar refractivity (Wildman–Crippen MR) is 83.6 cm³/mol. The van der Waals surface area contributed by atoms with E-state index in [2.05, 4.69) is 5.32 Å². The predicted octanol–water partition coefficient (Wildman–Crippen LogP) is 2.12. The lowest BCUT2D eigenvalue weighted by atomic mass is 10.1. The molecular weight excluding hydrogens is 296 g/mol. The average molecular weight is 314 g/mol. The average Bonchev–Trinajstić information content (AvgIpc) is 3.04. The molecule has 0 bridgehead atoms. The Kier molecular flexibility index (Phi) is 5.75. The van der Waals surface area contributed by atoms with Crippen molar-refractivity contribution in [2.24, 2.45) is 0 Å². The third kappa shape index (κ3) is 5.15. The largest absolute Gasteiger partial charge is 0.482 e. The summed E-state index contributed by atoms with van der Waals surface area (Å²) in [6.45, 7) is -0.444. The number of carbonyl (C=O) groups excluding carboxylic acids is 1. The van der Waals surface area contributed by atoms with E-state index in [1.807, 2.05) is 6.07 Å². The highest BCUT2D eigenvalue weighted by Gasteiger charge is 2.19. The summed E-state index contributed by atoms with van der Waals surface area (Å²) in [5, 5.41) is 20.7. The molecule has 0 unspecified atom stereocenters. The first kappa shape index (κ1) is 16.6. The number of rotatable bonds is 6. The Morgan fingerprint density at radius 2 is 2.13 bits per heavy atom. The molecule has 0 aromatic heterocycles. The molecule has 120 valence electrons. The van der Waals surface area contributed by atoms with Gasteiger partial charge in [0, 0.05) is 6.04 Å². The Morgan fingerprint density at radius 3 is 2.78 bits per heavy atom. The van der Waals surface area contributed by atoms with Gasteiger partial charge in [-0.15, -0.1) is 0 Å². The lowest BCUT2D eigenvalue weighted by Crippen LogP contribution is -2.33. The smallest absolute Gasteiger partial charge is 0.341 e. The molecule has 0 atom stereocenters. The monoisotopic (exact) mass is 314 g/mol. The number of carboxylic acids is 1.